The zero-order chi connectivity index (χ0) is 23.1. The number of amides is 1. The van der Waals surface area contributed by atoms with Gasteiger partial charge in [-0.1, -0.05) is 24.3 Å². The fraction of sp³-hybridized carbons (Fsp3) is 0.217. The molecule has 0 atom stereocenters. The molecular weight excluding hydrogens is 432 g/mol. The van der Waals surface area contributed by atoms with Crippen molar-refractivity contribution in [3.63, 3.8) is 0 Å². The van der Waals surface area contributed by atoms with Crippen molar-refractivity contribution in [2.75, 3.05) is 19.0 Å². The lowest BCUT2D eigenvalue weighted by molar-refractivity contribution is -0.384. The van der Waals surface area contributed by atoms with Crippen LogP contribution in [-0.4, -0.2) is 30.5 Å². The van der Waals surface area contributed by atoms with Crippen molar-refractivity contribution in [3.8, 4) is 16.9 Å². The number of esters is 1. The molecule has 1 aromatic heterocycles. The van der Waals surface area contributed by atoms with Gasteiger partial charge in [0.05, 0.1) is 18.6 Å². The molecule has 0 spiro atoms. The molecule has 1 heterocycles. The van der Waals surface area contributed by atoms with Crippen LogP contribution in [0.25, 0.3) is 11.1 Å². The van der Waals surface area contributed by atoms with Gasteiger partial charge in [-0.15, -0.1) is 11.3 Å². The van der Waals surface area contributed by atoms with Crippen molar-refractivity contribution in [2.45, 2.75) is 19.8 Å². The smallest absolute Gasteiger partial charge is 0.341 e. The Morgan fingerprint density at radius 3 is 2.56 bits per heavy atom. The number of methoxy groups -OCH3 is 1. The van der Waals surface area contributed by atoms with Crippen molar-refractivity contribution in [1.29, 1.82) is 0 Å². The number of nitro benzene ring substituents is 1. The molecule has 0 bridgehead atoms. The summed E-state index contributed by atoms with van der Waals surface area (Å²) in [5.41, 5.74) is 2.05. The van der Waals surface area contributed by atoms with E-state index in [1.54, 1.807) is 31.5 Å². The molecule has 2 aromatic carbocycles. The second-order valence-electron chi connectivity index (χ2n) is 6.78. The van der Waals surface area contributed by atoms with E-state index in [-0.39, 0.29) is 30.2 Å². The molecule has 0 saturated carbocycles. The zero-order valence-corrected chi connectivity index (χ0v) is 18.4. The molecule has 9 heteroatoms. The van der Waals surface area contributed by atoms with Crippen molar-refractivity contribution < 1.29 is 24.0 Å². The van der Waals surface area contributed by atoms with Crippen LogP contribution < -0.4 is 10.1 Å². The van der Waals surface area contributed by atoms with Crippen LogP contribution in [0.15, 0.2) is 53.9 Å². The summed E-state index contributed by atoms with van der Waals surface area (Å²) in [7, 11) is 1.59. The Labute approximate surface area is 188 Å². The summed E-state index contributed by atoms with van der Waals surface area (Å²) in [6, 6.07) is 13.4. The van der Waals surface area contributed by atoms with Crippen molar-refractivity contribution in [1.82, 2.24) is 0 Å². The maximum atomic E-state index is 12.6. The van der Waals surface area contributed by atoms with Gasteiger partial charge >= 0.3 is 5.97 Å². The van der Waals surface area contributed by atoms with E-state index in [1.807, 2.05) is 24.3 Å². The van der Waals surface area contributed by atoms with Gasteiger partial charge in [-0.3, -0.25) is 14.9 Å². The summed E-state index contributed by atoms with van der Waals surface area (Å²) >= 11 is 1.18. The molecule has 0 radical (unpaired) electrons. The Morgan fingerprint density at radius 1 is 1.16 bits per heavy atom. The fourth-order valence-corrected chi connectivity index (χ4v) is 4.07. The summed E-state index contributed by atoms with van der Waals surface area (Å²) < 4.78 is 10.3. The highest BCUT2D eigenvalue weighted by Crippen LogP contribution is 2.37. The number of hydrogen-bond acceptors (Lipinski definition) is 7. The highest BCUT2D eigenvalue weighted by molar-refractivity contribution is 7.15. The monoisotopic (exact) mass is 454 g/mol. The van der Waals surface area contributed by atoms with E-state index in [0.29, 0.717) is 22.5 Å². The van der Waals surface area contributed by atoms with Gasteiger partial charge in [0.15, 0.2) is 0 Å². The number of non-ortho nitro benzene ring substituents is 1. The van der Waals surface area contributed by atoms with Crippen molar-refractivity contribution in [2.24, 2.45) is 0 Å². The van der Waals surface area contributed by atoms with Crippen LogP contribution in [0.5, 0.6) is 5.75 Å². The molecule has 1 amide bonds. The van der Waals surface area contributed by atoms with Crippen molar-refractivity contribution in [3.05, 3.63) is 75.2 Å². The van der Waals surface area contributed by atoms with E-state index in [9.17, 15) is 19.7 Å². The SMILES string of the molecule is CCOC(=O)c1c(-c2cccc([N+](=O)[O-])c2)csc1NC(=O)CCc1ccc(OC)cc1. The second-order valence-corrected chi connectivity index (χ2v) is 7.66. The molecule has 0 aliphatic rings. The minimum atomic E-state index is -0.597. The van der Waals surface area contributed by atoms with Gasteiger partial charge in [-0.25, -0.2) is 4.79 Å². The Hall–Kier alpha value is -3.72. The topological polar surface area (TPSA) is 108 Å². The van der Waals surface area contributed by atoms with Crippen LogP contribution in [0.3, 0.4) is 0 Å². The van der Waals surface area contributed by atoms with Crippen molar-refractivity contribution >= 4 is 33.9 Å². The average Bonchev–Trinajstić information content (AvgIpc) is 3.21. The lowest BCUT2D eigenvalue weighted by Gasteiger charge is -2.09. The first kappa shape index (κ1) is 23.0. The Morgan fingerprint density at radius 2 is 1.91 bits per heavy atom. The predicted molar refractivity (Wildman–Crippen MR) is 122 cm³/mol. The van der Waals surface area contributed by atoms with E-state index in [1.165, 1.54) is 23.5 Å². The standard InChI is InChI=1S/C23H22N2O6S/c1-3-31-23(27)21-19(16-5-4-6-17(13-16)25(28)29)14-32-22(21)24-20(26)12-9-15-7-10-18(30-2)11-8-15/h4-8,10-11,13-14H,3,9,12H2,1-2H3,(H,24,26). The number of benzene rings is 2. The third kappa shape index (κ3) is 5.50. The molecule has 0 saturated heterocycles. The summed E-state index contributed by atoms with van der Waals surface area (Å²) in [5.74, 6) is -0.107. The first-order chi connectivity index (χ1) is 15.4. The Bertz CT molecular complexity index is 1120. The molecule has 32 heavy (non-hydrogen) atoms. The number of hydrogen-bond donors (Lipinski definition) is 1. The minimum Gasteiger partial charge on any atom is -0.497 e. The number of ether oxygens (including phenoxy) is 2. The molecular formula is C23H22N2O6S. The third-order valence-corrected chi connectivity index (χ3v) is 5.59. The number of carbonyl (C=O) groups is 2. The molecule has 3 aromatic rings. The van der Waals surface area contributed by atoms with E-state index in [2.05, 4.69) is 5.32 Å². The van der Waals surface area contributed by atoms with E-state index >= 15 is 0 Å². The second kappa shape index (κ2) is 10.5. The number of thiophene rings is 1. The third-order valence-electron chi connectivity index (χ3n) is 4.69. The lowest BCUT2D eigenvalue weighted by Crippen LogP contribution is -2.15. The lowest BCUT2D eigenvalue weighted by atomic mass is 10.0. The van der Waals surface area contributed by atoms with Gasteiger partial charge in [-0.2, -0.15) is 0 Å². The van der Waals surface area contributed by atoms with Gasteiger partial charge in [0.2, 0.25) is 5.91 Å². The number of aryl methyl sites for hydroxylation is 1. The normalized spacial score (nSPS) is 10.4. The first-order valence-corrected chi connectivity index (χ1v) is 10.8. The average molecular weight is 455 g/mol. The number of nitrogens with zero attached hydrogens (tertiary/aromatic N) is 1. The maximum absolute atomic E-state index is 12.6. The van der Waals surface area contributed by atoms with E-state index in [4.69, 9.17) is 9.47 Å². The van der Waals surface area contributed by atoms with Gasteiger partial charge < -0.3 is 14.8 Å². The van der Waals surface area contributed by atoms with Crippen LogP contribution in [0, 0.1) is 10.1 Å². The Kier molecular flexibility index (Phi) is 7.56. The molecule has 1 N–H and O–H groups in total. The highest BCUT2D eigenvalue weighted by Gasteiger charge is 2.23. The summed E-state index contributed by atoms with van der Waals surface area (Å²) in [6.45, 7) is 1.85. The zero-order valence-electron chi connectivity index (χ0n) is 17.6. The molecule has 0 aliphatic heterocycles. The number of rotatable bonds is 9. The minimum absolute atomic E-state index is 0.0893. The summed E-state index contributed by atoms with van der Waals surface area (Å²) in [6.07, 6.45) is 0.742. The molecule has 0 unspecified atom stereocenters. The maximum Gasteiger partial charge on any atom is 0.341 e. The van der Waals surface area contributed by atoms with Gasteiger partial charge in [0.25, 0.3) is 5.69 Å². The number of carbonyl (C=O) groups excluding carboxylic acids is 2. The van der Waals surface area contributed by atoms with Crippen LogP contribution in [0.2, 0.25) is 0 Å². The van der Waals surface area contributed by atoms with Gasteiger partial charge in [-0.05, 0) is 36.6 Å². The van der Waals surface area contributed by atoms with Crippen LogP contribution in [-0.2, 0) is 16.0 Å². The number of nitro groups is 1. The number of nitrogens with one attached hydrogen (secondary N) is 1. The summed E-state index contributed by atoms with van der Waals surface area (Å²) in [4.78, 5) is 35.8. The highest BCUT2D eigenvalue weighted by atomic mass is 32.1. The van der Waals surface area contributed by atoms with E-state index < -0.39 is 10.9 Å². The van der Waals surface area contributed by atoms with Crippen LogP contribution in [0.1, 0.15) is 29.3 Å². The van der Waals surface area contributed by atoms with Gasteiger partial charge in [0, 0.05) is 29.5 Å². The molecule has 3 rings (SSSR count). The Balaban J connectivity index is 1.81. The number of anilines is 1. The molecule has 0 aliphatic carbocycles. The van der Waals surface area contributed by atoms with Crippen LogP contribution in [0.4, 0.5) is 10.7 Å². The van der Waals surface area contributed by atoms with E-state index in [0.717, 1.165) is 11.3 Å². The predicted octanol–water partition coefficient (Wildman–Crippen LogP) is 5.08. The quantitative estimate of drug-likeness (QED) is 0.274. The molecule has 8 nitrogen and oxygen atoms in total. The van der Waals surface area contributed by atoms with Crippen LogP contribution >= 0.6 is 11.3 Å². The largest absolute Gasteiger partial charge is 0.497 e. The van der Waals surface area contributed by atoms with Gasteiger partial charge in [0.1, 0.15) is 16.3 Å². The first-order valence-electron chi connectivity index (χ1n) is 9.89. The summed E-state index contributed by atoms with van der Waals surface area (Å²) in [5, 5.41) is 16.0. The molecule has 0 fully saturated rings. The fourth-order valence-electron chi connectivity index (χ4n) is 3.09. The molecule has 166 valence electrons.